The molecular weight excluding hydrogens is 168 g/mol. The zero-order valence-electron chi connectivity index (χ0n) is 8.45. The number of hydrogen-bond donors (Lipinski definition) is 0. The summed E-state index contributed by atoms with van der Waals surface area (Å²) in [6.45, 7) is 0. The fraction of sp³-hybridized carbons (Fsp3) is 0.286. The third-order valence-electron chi connectivity index (χ3n) is 2.60. The zero-order valence-corrected chi connectivity index (χ0v) is 8.45. The van der Waals surface area contributed by atoms with Crippen molar-refractivity contribution in [2.24, 2.45) is 0 Å². The van der Waals surface area contributed by atoms with Crippen molar-refractivity contribution in [2.75, 3.05) is 0 Å². The predicted molar refractivity (Wildman–Crippen MR) is 62.1 cm³/mol. The average molecular weight is 184 g/mol. The van der Waals surface area contributed by atoms with Gasteiger partial charge in [0.2, 0.25) is 0 Å². The van der Waals surface area contributed by atoms with Gasteiger partial charge in [-0.2, -0.15) is 0 Å². The van der Waals surface area contributed by atoms with Gasteiger partial charge in [-0.3, -0.25) is 0 Å². The molecule has 14 heavy (non-hydrogen) atoms. The van der Waals surface area contributed by atoms with Gasteiger partial charge in [0.05, 0.1) is 0 Å². The highest BCUT2D eigenvalue weighted by molar-refractivity contribution is 5.44. The number of allylic oxidation sites excluding steroid dienone is 10. The van der Waals surface area contributed by atoms with Crippen LogP contribution in [0.15, 0.2) is 59.8 Å². The summed E-state index contributed by atoms with van der Waals surface area (Å²) >= 11 is 0. The van der Waals surface area contributed by atoms with Crippen LogP contribution < -0.4 is 0 Å². The number of rotatable bonds is 1. The fourth-order valence-electron chi connectivity index (χ4n) is 1.80. The van der Waals surface area contributed by atoms with E-state index in [0.29, 0.717) is 0 Å². The molecule has 2 rings (SSSR count). The molecule has 0 atom stereocenters. The standard InChI is InChI=1S/C14H16/c1-2-6-10-13(9-5-1)14-11-7-3-4-8-12-14/h1-2,5-7,9,11-12H,3-4,8,10H2. The van der Waals surface area contributed by atoms with Crippen LogP contribution in [-0.2, 0) is 0 Å². The first kappa shape index (κ1) is 9.26. The van der Waals surface area contributed by atoms with Gasteiger partial charge in [0.15, 0.2) is 0 Å². The lowest BCUT2D eigenvalue weighted by Gasteiger charge is -2.03. The smallest absolute Gasteiger partial charge is 0.00885 e. The zero-order chi connectivity index (χ0) is 9.64. The second-order valence-electron chi connectivity index (χ2n) is 3.70. The first-order chi connectivity index (χ1) is 6.97. The van der Waals surface area contributed by atoms with Gasteiger partial charge >= 0.3 is 0 Å². The van der Waals surface area contributed by atoms with Crippen molar-refractivity contribution in [3.8, 4) is 0 Å². The van der Waals surface area contributed by atoms with Gasteiger partial charge in [-0.1, -0.05) is 48.6 Å². The third kappa shape index (κ3) is 2.35. The molecule has 0 radical (unpaired) electrons. The summed E-state index contributed by atoms with van der Waals surface area (Å²) in [4.78, 5) is 0. The summed E-state index contributed by atoms with van der Waals surface area (Å²) in [6, 6.07) is 0. The van der Waals surface area contributed by atoms with Crippen LogP contribution in [0.1, 0.15) is 25.7 Å². The van der Waals surface area contributed by atoms with E-state index >= 15 is 0 Å². The Morgan fingerprint density at radius 3 is 2.93 bits per heavy atom. The molecule has 0 heteroatoms. The molecule has 0 aromatic heterocycles. The molecule has 0 fully saturated rings. The normalized spacial score (nSPS) is 21.1. The molecule has 0 spiro atoms. The fourth-order valence-corrected chi connectivity index (χ4v) is 1.80. The summed E-state index contributed by atoms with van der Waals surface area (Å²) in [5.74, 6) is 0. The van der Waals surface area contributed by atoms with Crippen molar-refractivity contribution < 1.29 is 0 Å². The molecule has 0 heterocycles. The first-order valence-corrected chi connectivity index (χ1v) is 5.36. The Kier molecular flexibility index (Phi) is 3.18. The maximum Gasteiger partial charge on any atom is -0.00885 e. The quantitative estimate of drug-likeness (QED) is 0.575. The summed E-state index contributed by atoms with van der Waals surface area (Å²) in [7, 11) is 0. The van der Waals surface area contributed by atoms with Crippen LogP contribution in [0, 0.1) is 0 Å². The van der Waals surface area contributed by atoms with E-state index in [0.717, 1.165) is 6.42 Å². The van der Waals surface area contributed by atoms with E-state index in [-0.39, 0.29) is 0 Å². The Hall–Kier alpha value is -1.30. The molecule has 0 N–H and O–H groups in total. The number of hydrogen-bond acceptors (Lipinski definition) is 0. The van der Waals surface area contributed by atoms with E-state index in [4.69, 9.17) is 0 Å². The Balaban J connectivity index is 2.20. The van der Waals surface area contributed by atoms with E-state index in [1.54, 1.807) is 0 Å². The van der Waals surface area contributed by atoms with Crippen molar-refractivity contribution in [3.63, 3.8) is 0 Å². The summed E-state index contributed by atoms with van der Waals surface area (Å²) in [6.07, 6.45) is 22.5. The minimum Gasteiger partial charge on any atom is -0.0839 e. The molecule has 2 aliphatic rings. The largest absolute Gasteiger partial charge is 0.0839 e. The van der Waals surface area contributed by atoms with Crippen molar-refractivity contribution in [1.29, 1.82) is 0 Å². The molecule has 0 aliphatic heterocycles. The van der Waals surface area contributed by atoms with Gasteiger partial charge in [0, 0.05) is 0 Å². The summed E-state index contributed by atoms with van der Waals surface area (Å²) in [5, 5.41) is 0. The highest BCUT2D eigenvalue weighted by Gasteiger charge is 2.02. The molecule has 0 saturated heterocycles. The lowest BCUT2D eigenvalue weighted by atomic mass is 10.0. The highest BCUT2D eigenvalue weighted by Crippen LogP contribution is 2.22. The minimum absolute atomic E-state index is 1.06. The van der Waals surface area contributed by atoms with Gasteiger partial charge < -0.3 is 0 Å². The van der Waals surface area contributed by atoms with Gasteiger partial charge in [0.25, 0.3) is 0 Å². The molecule has 0 aromatic carbocycles. The van der Waals surface area contributed by atoms with E-state index in [2.05, 4.69) is 48.6 Å². The van der Waals surface area contributed by atoms with Crippen LogP contribution in [0.2, 0.25) is 0 Å². The predicted octanol–water partition coefficient (Wildman–Crippen LogP) is 4.10. The molecule has 2 aliphatic carbocycles. The van der Waals surface area contributed by atoms with E-state index in [1.807, 2.05) is 0 Å². The maximum absolute atomic E-state index is 2.36. The molecule has 0 aromatic rings. The SMILES string of the molecule is C1=CC=C(C2=CCCCC=C2)CC=C1. The van der Waals surface area contributed by atoms with Crippen LogP contribution in [-0.4, -0.2) is 0 Å². The summed E-state index contributed by atoms with van der Waals surface area (Å²) in [5.41, 5.74) is 2.85. The first-order valence-electron chi connectivity index (χ1n) is 5.36. The molecule has 0 nitrogen and oxygen atoms in total. The van der Waals surface area contributed by atoms with Crippen molar-refractivity contribution in [1.82, 2.24) is 0 Å². The Morgan fingerprint density at radius 2 is 1.93 bits per heavy atom. The Labute approximate surface area is 86.0 Å². The van der Waals surface area contributed by atoms with Crippen LogP contribution in [0.25, 0.3) is 0 Å². The minimum atomic E-state index is 1.06. The second-order valence-corrected chi connectivity index (χ2v) is 3.70. The Bertz CT molecular complexity index is 335. The van der Waals surface area contributed by atoms with Gasteiger partial charge in [0.1, 0.15) is 0 Å². The second kappa shape index (κ2) is 4.80. The van der Waals surface area contributed by atoms with Gasteiger partial charge in [-0.15, -0.1) is 0 Å². The molecule has 0 saturated carbocycles. The molecular formula is C14H16. The van der Waals surface area contributed by atoms with Crippen LogP contribution >= 0.6 is 0 Å². The van der Waals surface area contributed by atoms with Crippen LogP contribution in [0.4, 0.5) is 0 Å². The maximum atomic E-state index is 2.36. The van der Waals surface area contributed by atoms with E-state index < -0.39 is 0 Å². The van der Waals surface area contributed by atoms with Crippen LogP contribution in [0.3, 0.4) is 0 Å². The van der Waals surface area contributed by atoms with Gasteiger partial charge in [-0.05, 0) is 36.8 Å². The van der Waals surface area contributed by atoms with E-state index in [9.17, 15) is 0 Å². The van der Waals surface area contributed by atoms with Crippen LogP contribution in [0.5, 0.6) is 0 Å². The van der Waals surface area contributed by atoms with Gasteiger partial charge in [-0.25, -0.2) is 0 Å². The lowest BCUT2D eigenvalue weighted by molar-refractivity contribution is 0.874. The highest BCUT2D eigenvalue weighted by atomic mass is 14.1. The van der Waals surface area contributed by atoms with Crippen molar-refractivity contribution >= 4 is 0 Å². The van der Waals surface area contributed by atoms with Crippen molar-refractivity contribution in [2.45, 2.75) is 25.7 Å². The molecule has 0 unspecified atom stereocenters. The van der Waals surface area contributed by atoms with E-state index in [1.165, 1.54) is 30.4 Å². The Morgan fingerprint density at radius 1 is 0.929 bits per heavy atom. The summed E-state index contributed by atoms with van der Waals surface area (Å²) < 4.78 is 0. The average Bonchev–Trinajstić information content (AvgIpc) is 2.62. The third-order valence-corrected chi connectivity index (χ3v) is 2.60. The molecule has 72 valence electrons. The lowest BCUT2D eigenvalue weighted by Crippen LogP contribution is -1.84. The molecule has 0 bridgehead atoms. The van der Waals surface area contributed by atoms with Crippen molar-refractivity contribution in [3.05, 3.63) is 59.8 Å². The topological polar surface area (TPSA) is 0 Å². The molecule has 0 amide bonds. The monoisotopic (exact) mass is 184 g/mol.